The number of hydrogen-bond donors (Lipinski definition) is 1. The molecule has 0 aliphatic rings. The predicted molar refractivity (Wildman–Crippen MR) is 105 cm³/mol. The third-order valence-electron chi connectivity index (χ3n) is 4.52. The first kappa shape index (κ1) is 17.3. The fourth-order valence-corrected chi connectivity index (χ4v) is 3.26. The minimum Gasteiger partial charge on any atom is -0.468 e. The van der Waals surface area contributed by atoms with Crippen LogP contribution in [0.15, 0.2) is 65.5 Å². The van der Waals surface area contributed by atoms with Gasteiger partial charge in [0.05, 0.1) is 18.5 Å². The van der Waals surface area contributed by atoms with Gasteiger partial charge in [-0.25, -0.2) is 9.50 Å². The SMILES string of the molecule is Cc1cc2c(NCc3ccccc3CN(C)Cc3ccco3)nccn2n1. The molecule has 3 aromatic heterocycles. The second-order valence-corrected chi connectivity index (χ2v) is 6.77. The standard InChI is InChI=1S/C21H23N5O/c1-16-12-20-21(22-9-10-26(20)24-16)23-13-17-6-3-4-7-18(17)14-25(2)15-19-8-5-11-27-19/h3-12H,13-15H2,1-2H3,(H,22,23). The Morgan fingerprint density at radius 2 is 1.96 bits per heavy atom. The highest BCUT2D eigenvalue weighted by Gasteiger charge is 2.09. The van der Waals surface area contributed by atoms with E-state index in [1.807, 2.05) is 35.8 Å². The summed E-state index contributed by atoms with van der Waals surface area (Å²) in [6.07, 6.45) is 5.35. The van der Waals surface area contributed by atoms with Gasteiger partial charge in [-0.05, 0) is 43.3 Å². The summed E-state index contributed by atoms with van der Waals surface area (Å²) in [5.41, 5.74) is 4.51. The summed E-state index contributed by atoms with van der Waals surface area (Å²) in [7, 11) is 2.10. The molecule has 0 saturated heterocycles. The lowest BCUT2D eigenvalue weighted by Gasteiger charge is -2.18. The Morgan fingerprint density at radius 3 is 2.78 bits per heavy atom. The van der Waals surface area contributed by atoms with Gasteiger partial charge in [0.15, 0.2) is 5.82 Å². The van der Waals surface area contributed by atoms with Crippen molar-refractivity contribution < 1.29 is 4.42 Å². The molecule has 0 bridgehead atoms. The van der Waals surface area contributed by atoms with E-state index < -0.39 is 0 Å². The molecular formula is C21H23N5O. The van der Waals surface area contributed by atoms with Crippen LogP contribution in [0.3, 0.4) is 0 Å². The van der Waals surface area contributed by atoms with Crippen LogP contribution in [0.2, 0.25) is 0 Å². The van der Waals surface area contributed by atoms with Crippen LogP contribution in [0.5, 0.6) is 0 Å². The Bertz CT molecular complexity index is 1020. The minimum absolute atomic E-state index is 0.710. The van der Waals surface area contributed by atoms with E-state index in [0.29, 0.717) is 6.54 Å². The second-order valence-electron chi connectivity index (χ2n) is 6.77. The molecule has 0 radical (unpaired) electrons. The van der Waals surface area contributed by atoms with Gasteiger partial charge in [0.25, 0.3) is 0 Å². The average molecular weight is 361 g/mol. The van der Waals surface area contributed by atoms with Crippen LogP contribution < -0.4 is 5.32 Å². The number of rotatable bonds is 7. The molecule has 1 N–H and O–H groups in total. The molecule has 4 aromatic rings. The molecule has 1 aromatic carbocycles. The first-order valence-electron chi connectivity index (χ1n) is 9.01. The number of hydrogen-bond acceptors (Lipinski definition) is 5. The van der Waals surface area contributed by atoms with Gasteiger partial charge in [0.1, 0.15) is 11.3 Å². The third kappa shape index (κ3) is 4.01. The van der Waals surface area contributed by atoms with Crippen LogP contribution in [-0.4, -0.2) is 26.5 Å². The van der Waals surface area contributed by atoms with Crippen molar-refractivity contribution in [2.24, 2.45) is 0 Å². The van der Waals surface area contributed by atoms with Crippen LogP contribution in [-0.2, 0) is 19.6 Å². The highest BCUT2D eigenvalue weighted by molar-refractivity contribution is 5.67. The van der Waals surface area contributed by atoms with Gasteiger partial charge >= 0.3 is 0 Å². The highest BCUT2D eigenvalue weighted by Crippen LogP contribution is 2.18. The maximum atomic E-state index is 5.45. The Kier molecular flexibility index (Phi) is 4.89. The van der Waals surface area contributed by atoms with Gasteiger partial charge < -0.3 is 9.73 Å². The molecule has 4 rings (SSSR count). The zero-order chi connectivity index (χ0) is 18.6. The van der Waals surface area contributed by atoms with Crippen LogP contribution in [0.25, 0.3) is 5.52 Å². The quantitative estimate of drug-likeness (QED) is 0.541. The van der Waals surface area contributed by atoms with E-state index in [1.54, 1.807) is 12.5 Å². The largest absolute Gasteiger partial charge is 0.468 e. The average Bonchev–Trinajstić information content (AvgIpc) is 3.29. The lowest BCUT2D eigenvalue weighted by molar-refractivity contribution is 0.287. The summed E-state index contributed by atoms with van der Waals surface area (Å²) in [6, 6.07) is 14.5. The maximum Gasteiger partial charge on any atom is 0.152 e. The van der Waals surface area contributed by atoms with Crippen molar-refractivity contribution in [3.05, 3.63) is 83.7 Å². The molecular weight excluding hydrogens is 338 g/mol. The minimum atomic E-state index is 0.710. The number of nitrogens with one attached hydrogen (secondary N) is 1. The number of aryl methyl sites for hydroxylation is 1. The zero-order valence-electron chi connectivity index (χ0n) is 15.6. The van der Waals surface area contributed by atoms with E-state index in [1.165, 1.54) is 11.1 Å². The molecule has 0 fully saturated rings. The van der Waals surface area contributed by atoms with Crippen molar-refractivity contribution in [2.75, 3.05) is 12.4 Å². The van der Waals surface area contributed by atoms with Crippen molar-refractivity contribution in [1.82, 2.24) is 19.5 Å². The van der Waals surface area contributed by atoms with E-state index in [-0.39, 0.29) is 0 Å². The number of fused-ring (bicyclic) bond motifs is 1. The number of aromatic nitrogens is 3. The zero-order valence-corrected chi connectivity index (χ0v) is 15.6. The normalized spacial score (nSPS) is 11.4. The summed E-state index contributed by atoms with van der Waals surface area (Å²) >= 11 is 0. The van der Waals surface area contributed by atoms with Crippen molar-refractivity contribution in [1.29, 1.82) is 0 Å². The second kappa shape index (κ2) is 7.63. The molecule has 0 amide bonds. The van der Waals surface area contributed by atoms with Gasteiger partial charge in [-0.2, -0.15) is 5.10 Å². The molecule has 27 heavy (non-hydrogen) atoms. The van der Waals surface area contributed by atoms with Gasteiger partial charge in [-0.3, -0.25) is 4.90 Å². The van der Waals surface area contributed by atoms with Crippen molar-refractivity contribution >= 4 is 11.3 Å². The molecule has 138 valence electrons. The molecule has 0 saturated carbocycles. The van der Waals surface area contributed by atoms with Crippen molar-refractivity contribution in [3.8, 4) is 0 Å². The Balaban J connectivity index is 1.47. The number of nitrogens with zero attached hydrogens (tertiary/aromatic N) is 4. The predicted octanol–water partition coefficient (Wildman–Crippen LogP) is 3.87. The van der Waals surface area contributed by atoms with E-state index in [4.69, 9.17) is 4.42 Å². The Morgan fingerprint density at radius 1 is 1.11 bits per heavy atom. The Labute approximate surface area is 158 Å². The van der Waals surface area contributed by atoms with Crippen LogP contribution in [0.1, 0.15) is 22.6 Å². The van der Waals surface area contributed by atoms with E-state index in [0.717, 1.165) is 35.9 Å². The van der Waals surface area contributed by atoms with Crippen LogP contribution in [0, 0.1) is 6.92 Å². The lowest BCUT2D eigenvalue weighted by Crippen LogP contribution is -2.18. The highest BCUT2D eigenvalue weighted by atomic mass is 16.3. The van der Waals surface area contributed by atoms with Crippen LogP contribution >= 0.6 is 0 Å². The van der Waals surface area contributed by atoms with E-state index >= 15 is 0 Å². The van der Waals surface area contributed by atoms with Gasteiger partial charge in [0.2, 0.25) is 0 Å². The monoisotopic (exact) mass is 361 g/mol. The van der Waals surface area contributed by atoms with Crippen LogP contribution in [0.4, 0.5) is 5.82 Å². The number of anilines is 1. The van der Waals surface area contributed by atoms with Crippen molar-refractivity contribution in [3.63, 3.8) is 0 Å². The van der Waals surface area contributed by atoms with Gasteiger partial charge in [0, 0.05) is 25.5 Å². The number of furan rings is 1. The molecule has 0 atom stereocenters. The fraction of sp³-hybridized carbons (Fsp3) is 0.238. The maximum absolute atomic E-state index is 5.45. The summed E-state index contributed by atoms with van der Waals surface area (Å²) in [6.45, 7) is 4.33. The topological polar surface area (TPSA) is 58.6 Å². The summed E-state index contributed by atoms with van der Waals surface area (Å²) in [5.74, 6) is 1.82. The molecule has 0 unspecified atom stereocenters. The van der Waals surface area contributed by atoms with E-state index in [2.05, 4.69) is 51.6 Å². The summed E-state index contributed by atoms with van der Waals surface area (Å²) in [5, 5.41) is 7.91. The molecule has 0 spiro atoms. The molecule has 0 aliphatic carbocycles. The fourth-order valence-electron chi connectivity index (χ4n) is 3.26. The third-order valence-corrected chi connectivity index (χ3v) is 4.52. The van der Waals surface area contributed by atoms with Gasteiger partial charge in [-0.15, -0.1) is 0 Å². The lowest BCUT2D eigenvalue weighted by atomic mass is 10.1. The first-order valence-corrected chi connectivity index (χ1v) is 9.01. The first-order chi connectivity index (χ1) is 13.2. The smallest absolute Gasteiger partial charge is 0.152 e. The Hall–Kier alpha value is -3.12. The summed E-state index contributed by atoms with van der Waals surface area (Å²) < 4.78 is 7.30. The van der Waals surface area contributed by atoms with Gasteiger partial charge in [-0.1, -0.05) is 24.3 Å². The molecule has 3 heterocycles. The van der Waals surface area contributed by atoms with Crippen molar-refractivity contribution in [2.45, 2.75) is 26.6 Å². The molecule has 6 nitrogen and oxygen atoms in total. The summed E-state index contributed by atoms with van der Waals surface area (Å²) in [4.78, 5) is 6.73. The molecule has 0 aliphatic heterocycles. The molecule has 6 heteroatoms. The number of benzene rings is 1. The van der Waals surface area contributed by atoms with E-state index in [9.17, 15) is 0 Å².